The van der Waals surface area contributed by atoms with Crippen molar-refractivity contribution in [2.75, 3.05) is 12.4 Å². The van der Waals surface area contributed by atoms with E-state index in [0.717, 1.165) is 5.56 Å². The Hall–Kier alpha value is -1.69. The molecular formula is C18H16Cl2N2O2S. The van der Waals surface area contributed by atoms with Gasteiger partial charge in [0, 0.05) is 16.3 Å². The zero-order chi connectivity index (χ0) is 17.8. The molecule has 0 unspecified atom stereocenters. The number of benzene rings is 2. The predicted molar refractivity (Wildman–Crippen MR) is 102 cm³/mol. The van der Waals surface area contributed by atoms with E-state index in [2.05, 4.69) is 24.0 Å². The van der Waals surface area contributed by atoms with Crippen LogP contribution in [0, 0.1) is 13.8 Å². The highest BCUT2D eigenvalue weighted by Gasteiger charge is 2.10. The lowest BCUT2D eigenvalue weighted by Crippen LogP contribution is -2.00. The molecule has 0 bridgehead atoms. The van der Waals surface area contributed by atoms with Gasteiger partial charge in [-0.15, -0.1) is 10.2 Å². The lowest BCUT2D eigenvalue weighted by atomic mass is 10.1. The van der Waals surface area contributed by atoms with E-state index in [9.17, 15) is 0 Å². The van der Waals surface area contributed by atoms with E-state index in [0.29, 0.717) is 39.3 Å². The van der Waals surface area contributed by atoms with Crippen molar-refractivity contribution in [3.63, 3.8) is 0 Å². The zero-order valence-corrected chi connectivity index (χ0v) is 16.1. The van der Waals surface area contributed by atoms with Crippen LogP contribution in [-0.4, -0.2) is 22.6 Å². The number of aryl methyl sites for hydroxylation is 2. The molecule has 0 amide bonds. The Balaban J connectivity index is 1.54. The quantitative estimate of drug-likeness (QED) is 0.388. The molecular weight excluding hydrogens is 379 g/mol. The van der Waals surface area contributed by atoms with Gasteiger partial charge in [-0.1, -0.05) is 41.0 Å². The second kappa shape index (κ2) is 8.13. The van der Waals surface area contributed by atoms with Gasteiger partial charge in [0.25, 0.3) is 5.22 Å². The van der Waals surface area contributed by atoms with Crippen molar-refractivity contribution in [1.82, 2.24) is 10.2 Å². The van der Waals surface area contributed by atoms with Gasteiger partial charge < -0.3 is 9.15 Å². The van der Waals surface area contributed by atoms with E-state index >= 15 is 0 Å². The molecule has 3 rings (SSSR count). The van der Waals surface area contributed by atoms with Crippen molar-refractivity contribution < 1.29 is 9.15 Å². The van der Waals surface area contributed by atoms with Crippen LogP contribution in [0.3, 0.4) is 0 Å². The van der Waals surface area contributed by atoms with Crippen LogP contribution < -0.4 is 4.74 Å². The summed E-state index contributed by atoms with van der Waals surface area (Å²) < 4.78 is 11.3. The SMILES string of the molecule is Cc1ccc(-c2nnc(SCCOc3ccc(Cl)cc3Cl)o2)cc1C. The molecule has 1 heterocycles. The van der Waals surface area contributed by atoms with Crippen molar-refractivity contribution in [2.24, 2.45) is 0 Å². The molecule has 0 saturated carbocycles. The predicted octanol–water partition coefficient (Wildman–Crippen LogP) is 5.83. The Morgan fingerprint density at radius 1 is 1.04 bits per heavy atom. The molecule has 0 saturated heterocycles. The minimum absolute atomic E-state index is 0.466. The van der Waals surface area contributed by atoms with Gasteiger partial charge in [-0.3, -0.25) is 0 Å². The summed E-state index contributed by atoms with van der Waals surface area (Å²) in [6.07, 6.45) is 0. The van der Waals surface area contributed by atoms with Crippen LogP contribution >= 0.6 is 35.0 Å². The maximum absolute atomic E-state index is 6.06. The standard InChI is InChI=1S/C18H16Cl2N2O2S/c1-11-3-4-13(9-12(11)2)17-21-22-18(24-17)25-8-7-23-16-6-5-14(19)10-15(16)20/h3-6,9-10H,7-8H2,1-2H3. The fourth-order valence-electron chi connectivity index (χ4n) is 2.13. The lowest BCUT2D eigenvalue weighted by molar-refractivity contribution is 0.343. The molecule has 25 heavy (non-hydrogen) atoms. The first-order chi connectivity index (χ1) is 12.0. The summed E-state index contributed by atoms with van der Waals surface area (Å²) in [6.45, 7) is 4.60. The highest BCUT2D eigenvalue weighted by Crippen LogP contribution is 2.28. The van der Waals surface area contributed by atoms with Crippen LogP contribution in [0.1, 0.15) is 11.1 Å². The number of thioether (sulfide) groups is 1. The fourth-order valence-corrected chi connectivity index (χ4v) is 3.17. The molecule has 0 aliphatic rings. The highest BCUT2D eigenvalue weighted by molar-refractivity contribution is 7.99. The van der Waals surface area contributed by atoms with Crippen LogP contribution in [0.2, 0.25) is 10.0 Å². The Morgan fingerprint density at radius 2 is 1.88 bits per heavy atom. The minimum atomic E-state index is 0.466. The summed E-state index contributed by atoms with van der Waals surface area (Å²) in [7, 11) is 0. The molecule has 0 fully saturated rings. The van der Waals surface area contributed by atoms with Gasteiger partial charge in [-0.25, -0.2) is 0 Å². The van der Waals surface area contributed by atoms with Gasteiger partial charge in [0.2, 0.25) is 5.89 Å². The van der Waals surface area contributed by atoms with Crippen LogP contribution in [0.4, 0.5) is 0 Å². The van der Waals surface area contributed by atoms with E-state index < -0.39 is 0 Å². The topological polar surface area (TPSA) is 48.2 Å². The fraction of sp³-hybridized carbons (Fsp3) is 0.222. The van der Waals surface area contributed by atoms with E-state index in [1.807, 2.05) is 18.2 Å². The number of hydrogen-bond donors (Lipinski definition) is 0. The van der Waals surface area contributed by atoms with E-state index in [1.165, 1.54) is 22.9 Å². The zero-order valence-electron chi connectivity index (χ0n) is 13.8. The normalized spacial score (nSPS) is 10.9. The average Bonchev–Trinajstić information content (AvgIpc) is 3.04. The number of hydrogen-bond acceptors (Lipinski definition) is 5. The van der Waals surface area contributed by atoms with Crippen LogP contribution in [0.15, 0.2) is 46.0 Å². The van der Waals surface area contributed by atoms with Gasteiger partial charge in [0.1, 0.15) is 5.75 Å². The van der Waals surface area contributed by atoms with Gasteiger partial charge in [0.05, 0.1) is 11.6 Å². The first-order valence-electron chi connectivity index (χ1n) is 7.65. The largest absolute Gasteiger partial charge is 0.491 e. The molecule has 2 aromatic carbocycles. The maximum atomic E-state index is 6.06. The van der Waals surface area contributed by atoms with Crippen LogP contribution in [-0.2, 0) is 0 Å². The summed E-state index contributed by atoms with van der Waals surface area (Å²) in [4.78, 5) is 0. The monoisotopic (exact) mass is 394 g/mol. The summed E-state index contributed by atoms with van der Waals surface area (Å²) in [5, 5.41) is 9.76. The number of halogens is 2. The smallest absolute Gasteiger partial charge is 0.276 e. The molecule has 130 valence electrons. The Kier molecular flexibility index (Phi) is 5.89. The Labute approximate surface area is 160 Å². The van der Waals surface area contributed by atoms with Crippen molar-refractivity contribution in [3.05, 3.63) is 57.6 Å². The van der Waals surface area contributed by atoms with Crippen LogP contribution in [0.25, 0.3) is 11.5 Å². The second-order valence-corrected chi connectivity index (χ2v) is 7.33. The van der Waals surface area contributed by atoms with E-state index in [4.69, 9.17) is 32.4 Å². The van der Waals surface area contributed by atoms with Crippen molar-refractivity contribution in [1.29, 1.82) is 0 Å². The highest BCUT2D eigenvalue weighted by atomic mass is 35.5. The van der Waals surface area contributed by atoms with Crippen LogP contribution in [0.5, 0.6) is 5.75 Å². The summed E-state index contributed by atoms with van der Waals surface area (Å²) in [5.74, 6) is 1.79. The number of nitrogens with zero attached hydrogens (tertiary/aromatic N) is 2. The van der Waals surface area contributed by atoms with Crippen molar-refractivity contribution in [3.8, 4) is 17.2 Å². The summed E-state index contributed by atoms with van der Waals surface area (Å²) in [5.41, 5.74) is 3.35. The lowest BCUT2D eigenvalue weighted by Gasteiger charge is -2.06. The van der Waals surface area contributed by atoms with Gasteiger partial charge in [0.15, 0.2) is 0 Å². The minimum Gasteiger partial charge on any atom is -0.491 e. The molecule has 0 spiro atoms. The molecule has 0 atom stereocenters. The maximum Gasteiger partial charge on any atom is 0.276 e. The third-order valence-electron chi connectivity index (χ3n) is 3.62. The van der Waals surface area contributed by atoms with E-state index in [1.54, 1.807) is 18.2 Å². The molecule has 0 N–H and O–H groups in total. The Morgan fingerprint density at radius 3 is 2.64 bits per heavy atom. The molecule has 0 aliphatic heterocycles. The molecule has 0 aliphatic carbocycles. The second-order valence-electron chi connectivity index (χ2n) is 5.44. The molecule has 3 aromatic rings. The van der Waals surface area contributed by atoms with Crippen molar-refractivity contribution >= 4 is 35.0 Å². The average molecular weight is 395 g/mol. The Bertz CT molecular complexity index is 883. The number of aromatic nitrogens is 2. The third kappa shape index (κ3) is 4.69. The first kappa shape index (κ1) is 18.1. The summed E-state index contributed by atoms with van der Waals surface area (Å²) in [6, 6.07) is 11.2. The van der Waals surface area contributed by atoms with E-state index in [-0.39, 0.29) is 0 Å². The van der Waals surface area contributed by atoms with Gasteiger partial charge >= 0.3 is 0 Å². The van der Waals surface area contributed by atoms with Crippen molar-refractivity contribution in [2.45, 2.75) is 19.1 Å². The van der Waals surface area contributed by atoms with Gasteiger partial charge in [-0.2, -0.15) is 0 Å². The molecule has 7 heteroatoms. The summed E-state index contributed by atoms with van der Waals surface area (Å²) >= 11 is 13.4. The molecule has 0 radical (unpaired) electrons. The first-order valence-corrected chi connectivity index (χ1v) is 9.39. The third-order valence-corrected chi connectivity index (χ3v) is 4.93. The number of ether oxygens (including phenoxy) is 1. The van der Waals surface area contributed by atoms with Gasteiger partial charge in [-0.05, 0) is 55.3 Å². The molecule has 1 aromatic heterocycles. The number of rotatable bonds is 6. The molecule has 4 nitrogen and oxygen atoms in total.